The van der Waals surface area contributed by atoms with Crippen LogP contribution in [0.1, 0.15) is 25.0 Å². The van der Waals surface area contributed by atoms with Crippen LogP contribution in [0.2, 0.25) is 0 Å². The molecule has 0 aliphatic carbocycles. The first-order valence-corrected chi connectivity index (χ1v) is 26.1. The zero-order valence-electron chi connectivity index (χ0n) is 43.9. The number of aliphatic hydroxyl groups excluding tert-OH is 10. The molecule has 7 saturated heterocycles. The molecule has 2 aromatic carbocycles. The van der Waals surface area contributed by atoms with Crippen LogP contribution < -0.4 is 0 Å². The fraction of sp³-hybridized carbons (Fsp3) is 0.725. The maximum absolute atomic E-state index is 12.5. The Kier molecular flexibility index (Phi) is 20.1. The van der Waals surface area contributed by atoms with Gasteiger partial charge < -0.3 is 137 Å². The fourth-order valence-electron chi connectivity index (χ4n) is 10.4. The molecule has 0 saturated carbocycles. The molecule has 7 aliphatic rings. The molecule has 7 aliphatic heterocycles. The number of rotatable bonds is 20. The van der Waals surface area contributed by atoms with Gasteiger partial charge in [-0.1, -0.05) is 60.7 Å². The van der Waals surface area contributed by atoms with E-state index in [1.165, 1.54) is 7.11 Å². The third-order valence-corrected chi connectivity index (χ3v) is 15.1. The number of carboxylic acids is 2. The van der Waals surface area contributed by atoms with Gasteiger partial charge in [0.2, 0.25) is 0 Å². The second kappa shape index (κ2) is 26.3. The van der Waals surface area contributed by atoms with Gasteiger partial charge in [0, 0.05) is 21.0 Å². The van der Waals surface area contributed by atoms with Gasteiger partial charge in [-0.25, -0.2) is 9.59 Å². The Labute approximate surface area is 461 Å². The van der Waals surface area contributed by atoms with Crippen molar-refractivity contribution >= 4 is 11.9 Å². The predicted octanol–water partition coefficient (Wildman–Crippen LogP) is -5.10. The Bertz CT molecular complexity index is 2340. The summed E-state index contributed by atoms with van der Waals surface area (Å²) in [6.45, 7) is -0.679. The molecule has 12 N–H and O–H groups in total. The Morgan fingerprint density at radius 3 is 1.48 bits per heavy atom. The zero-order valence-corrected chi connectivity index (χ0v) is 43.9. The van der Waals surface area contributed by atoms with Crippen LogP contribution in [-0.4, -0.2) is 278 Å². The van der Waals surface area contributed by atoms with Crippen LogP contribution in [0.3, 0.4) is 0 Å². The van der Waals surface area contributed by atoms with Gasteiger partial charge >= 0.3 is 11.9 Å². The third kappa shape index (κ3) is 13.3. The summed E-state index contributed by atoms with van der Waals surface area (Å²) in [7, 11) is 1.23. The van der Waals surface area contributed by atoms with Gasteiger partial charge in [0.05, 0.1) is 46.2 Å². The lowest BCUT2D eigenvalue weighted by atomic mass is 9.94. The van der Waals surface area contributed by atoms with Crippen molar-refractivity contribution in [2.75, 3.05) is 40.1 Å². The largest absolute Gasteiger partial charge is 0.477 e. The average molecular weight is 1160 g/mol. The SMILES string of the molecule is CO[C@@H]1[C@@H](O)[C@H](O[C@@H]2[C@@H](O)[C@H](O[C@H]3[C@H](OCc4ccccc4)[C@@H](O)[C@H](OC[C@H]4O[C@H](O[C@H]5O[C@H](CO)[C@@H](O)[C@H](O)[C@H]5O)[C@H](O)[C@@H](O)[C@@H]4O)O[C@@H]3COCc3ccccc3)O[C@@H]3CO[C@](C)(C(=O)O)O[C@@H]23)O[C@@H]2CO[C@](C)(C(=O)O)O[C@@H]12. The summed E-state index contributed by atoms with van der Waals surface area (Å²) >= 11 is 0. The number of methoxy groups -OCH3 is 1. The van der Waals surface area contributed by atoms with Crippen molar-refractivity contribution in [2.45, 2.75) is 192 Å². The molecule has 7 heterocycles. The van der Waals surface area contributed by atoms with Gasteiger partial charge in [0.15, 0.2) is 31.5 Å². The Morgan fingerprint density at radius 1 is 0.494 bits per heavy atom. The molecule has 30 heteroatoms. The average Bonchev–Trinajstić information content (AvgIpc) is 3.58. The number of carboxylic acid groups (broad SMARTS) is 2. The minimum Gasteiger partial charge on any atom is -0.477 e. The molecule has 0 bridgehead atoms. The van der Waals surface area contributed by atoms with E-state index in [9.17, 15) is 70.9 Å². The van der Waals surface area contributed by atoms with Crippen LogP contribution in [-0.2, 0) is 98.6 Å². The molecule has 0 radical (unpaired) electrons. The van der Waals surface area contributed by atoms with E-state index in [0.29, 0.717) is 5.56 Å². The van der Waals surface area contributed by atoms with Gasteiger partial charge in [-0.05, 0) is 11.1 Å². The monoisotopic (exact) mass is 1160 g/mol. The predicted molar refractivity (Wildman–Crippen MR) is 257 cm³/mol. The Morgan fingerprint density at radius 2 is 0.951 bits per heavy atom. The smallest absolute Gasteiger partial charge is 0.364 e. The highest BCUT2D eigenvalue weighted by molar-refractivity contribution is 5.75. The van der Waals surface area contributed by atoms with E-state index in [-0.39, 0.29) is 26.4 Å². The second-order valence-electron chi connectivity index (χ2n) is 20.7. The van der Waals surface area contributed by atoms with Crippen LogP contribution in [0.4, 0.5) is 0 Å². The highest BCUT2D eigenvalue weighted by atomic mass is 16.8. The van der Waals surface area contributed by atoms with Crippen molar-refractivity contribution in [2.24, 2.45) is 0 Å². The molecule has 9 rings (SSSR count). The number of aliphatic hydroxyl groups is 10. The fourth-order valence-corrected chi connectivity index (χ4v) is 10.4. The normalized spacial score (nSPS) is 45.6. The lowest BCUT2D eigenvalue weighted by Gasteiger charge is -2.53. The van der Waals surface area contributed by atoms with E-state index in [1.807, 2.05) is 0 Å². The van der Waals surface area contributed by atoms with Gasteiger partial charge in [-0.2, -0.15) is 0 Å². The van der Waals surface area contributed by atoms with E-state index in [0.717, 1.165) is 19.4 Å². The Balaban J connectivity index is 0.988. The molecule has 0 amide bonds. The minimum atomic E-state index is -2.32. The first kappa shape index (κ1) is 61.9. The molecule has 454 valence electrons. The molecule has 0 spiro atoms. The Hall–Kier alpha value is -3.66. The van der Waals surface area contributed by atoms with Gasteiger partial charge in [-0.15, -0.1) is 0 Å². The molecule has 7 fully saturated rings. The van der Waals surface area contributed by atoms with Crippen LogP contribution in [0.15, 0.2) is 60.7 Å². The van der Waals surface area contributed by atoms with Crippen molar-refractivity contribution < 1.29 is 147 Å². The number of fused-ring (bicyclic) bond motifs is 2. The molecule has 81 heavy (non-hydrogen) atoms. The van der Waals surface area contributed by atoms with Crippen molar-refractivity contribution in [3.63, 3.8) is 0 Å². The number of hydrogen-bond donors (Lipinski definition) is 12. The molecule has 0 unspecified atom stereocenters. The van der Waals surface area contributed by atoms with Crippen LogP contribution >= 0.6 is 0 Å². The lowest BCUT2D eigenvalue weighted by molar-refractivity contribution is -0.424. The van der Waals surface area contributed by atoms with Crippen molar-refractivity contribution in [3.8, 4) is 0 Å². The van der Waals surface area contributed by atoms with Gasteiger partial charge in [0.25, 0.3) is 11.6 Å². The topological polar surface area (TPSA) is 425 Å². The van der Waals surface area contributed by atoms with Crippen LogP contribution in [0.5, 0.6) is 0 Å². The number of aliphatic carboxylic acids is 2. The molecule has 27 atom stereocenters. The first-order chi connectivity index (χ1) is 38.6. The quantitative estimate of drug-likeness (QED) is 0.0590. The van der Waals surface area contributed by atoms with E-state index in [1.54, 1.807) is 60.7 Å². The van der Waals surface area contributed by atoms with E-state index in [2.05, 4.69) is 0 Å². The van der Waals surface area contributed by atoms with Crippen molar-refractivity contribution in [1.29, 1.82) is 0 Å². The van der Waals surface area contributed by atoms with Crippen molar-refractivity contribution in [1.82, 2.24) is 0 Å². The zero-order chi connectivity index (χ0) is 58.1. The maximum Gasteiger partial charge on any atom is 0.364 e. The van der Waals surface area contributed by atoms with Crippen LogP contribution in [0.25, 0.3) is 0 Å². The third-order valence-electron chi connectivity index (χ3n) is 15.1. The molecular formula is C51H70O30. The van der Waals surface area contributed by atoms with E-state index < -0.39 is 197 Å². The maximum atomic E-state index is 12.5. The molecule has 0 aromatic heterocycles. The van der Waals surface area contributed by atoms with Crippen molar-refractivity contribution in [3.05, 3.63) is 71.8 Å². The standard InChI is InChI=1S/C51H70O30/c1-50(48(62)63)70-19-26-38(80-50)40(66-3)34(59)46(75-26)78-42-36(61)47(76-27-20-71-51(2,49(64)65)81-39(27)42)77-37-25(17-67-15-21-10-6-4-7-11-21)74-43(35(60)41(37)68-16-22-12-8-5-9-13-22)69-18-24-29(54)31(56)33(58)45(73-24)79-44-32(57)30(55)28(53)23(14-52)72-44/h4-13,23-47,52-61H,14-20H2,1-3H3,(H,62,63)(H,64,65)/t23-,24-,25-,26-,27-,28-,29-,30+,31+,32-,33-,34-,35-,36-,37-,38-,39-,40-,41-,42-,43-,44-,45-,46+,47+,50+,51+/m1/s1. The highest BCUT2D eigenvalue weighted by Gasteiger charge is 2.61. The highest BCUT2D eigenvalue weighted by Crippen LogP contribution is 2.41. The molecule has 30 nitrogen and oxygen atoms in total. The summed E-state index contributed by atoms with van der Waals surface area (Å²) in [6, 6.07) is 17.7. The number of carbonyl (C=O) groups is 2. The summed E-state index contributed by atoms with van der Waals surface area (Å²) in [5, 5.41) is 130. The van der Waals surface area contributed by atoms with E-state index in [4.69, 9.17) is 75.8 Å². The number of benzene rings is 2. The molecular weight excluding hydrogens is 1090 g/mol. The van der Waals surface area contributed by atoms with Gasteiger partial charge in [-0.3, -0.25) is 0 Å². The summed E-state index contributed by atoms with van der Waals surface area (Å²) < 4.78 is 95.6. The minimum absolute atomic E-state index is 0.00803. The number of ether oxygens (including phenoxy) is 16. The molecule has 2 aromatic rings. The van der Waals surface area contributed by atoms with E-state index >= 15 is 0 Å². The first-order valence-electron chi connectivity index (χ1n) is 26.1. The number of hydrogen-bond acceptors (Lipinski definition) is 28. The lowest BCUT2D eigenvalue weighted by Crippen LogP contribution is -2.71. The second-order valence-corrected chi connectivity index (χ2v) is 20.7. The summed E-state index contributed by atoms with van der Waals surface area (Å²) in [6.07, 6.45) is -41.7. The van der Waals surface area contributed by atoms with Crippen LogP contribution in [0, 0.1) is 0 Å². The summed E-state index contributed by atoms with van der Waals surface area (Å²) in [4.78, 5) is 24.6. The summed E-state index contributed by atoms with van der Waals surface area (Å²) in [5.74, 6) is -7.47. The summed E-state index contributed by atoms with van der Waals surface area (Å²) in [5.41, 5.74) is 1.35. The van der Waals surface area contributed by atoms with Gasteiger partial charge in [0.1, 0.15) is 122 Å².